The maximum Gasteiger partial charge on any atom is 0.128 e. The lowest BCUT2D eigenvalue weighted by Gasteiger charge is -2.23. The second kappa shape index (κ2) is 8.25. The van der Waals surface area contributed by atoms with Gasteiger partial charge in [0.1, 0.15) is 5.82 Å². The van der Waals surface area contributed by atoms with Crippen LogP contribution in [0.25, 0.3) is 0 Å². The van der Waals surface area contributed by atoms with Crippen molar-refractivity contribution >= 4 is 5.82 Å². The van der Waals surface area contributed by atoms with Crippen molar-refractivity contribution in [3.05, 3.63) is 23.9 Å². The zero-order valence-electron chi connectivity index (χ0n) is 13.1. The maximum absolute atomic E-state index is 4.67. The van der Waals surface area contributed by atoms with Crippen molar-refractivity contribution in [3.8, 4) is 0 Å². The monoisotopic (exact) mass is 275 g/mol. The quantitative estimate of drug-likeness (QED) is 0.705. The topological polar surface area (TPSA) is 28.2 Å². The van der Waals surface area contributed by atoms with Gasteiger partial charge in [-0.2, -0.15) is 0 Å². The molecule has 1 saturated carbocycles. The molecule has 0 unspecified atom stereocenters. The molecule has 0 radical (unpaired) electrons. The summed E-state index contributed by atoms with van der Waals surface area (Å²) in [6, 6.07) is 5.18. The van der Waals surface area contributed by atoms with Gasteiger partial charge in [0.2, 0.25) is 0 Å². The molecule has 0 bridgehead atoms. The van der Waals surface area contributed by atoms with Crippen molar-refractivity contribution < 1.29 is 0 Å². The zero-order valence-corrected chi connectivity index (χ0v) is 13.1. The van der Waals surface area contributed by atoms with Gasteiger partial charge in [0.25, 0.3) is 0 Å². The molecule has 2 rings (SSSR count). The Kier molecular flexibility index (Phi) is 6.31. The van der Waals surface area contributed by atoms with Gasteiger partial charge in [-0.15, -0.1) is 0 Å². The lowest BCUT2D eigenvalue weighted by atomic mass is 10.2. The van der Waals surface area contributed by atoms with E-state index in [1.165, 1.54) is 44.1 Å². The molecule has 0 amide bonds. The molecule has 1 aliphatic carbocycles. The van der Waals surface area contributed by atoms with Crippen LogP contribution in [0.2, 0.25) is 0 Å². The number of rotatable bonds is 10. The van der Waals surface area contributed by atoms with E-state index in [4.69, 9.17) is 0 Å². The average molecular weight is 275 g/mol. The van der Waals surface area contributed by atoms with E-state index in [0.29, 0.717) is 0 Å². The van der Waals surface area contributed by atoms with Gasteiger partial charge < -0.3 is 10.2 Å². The smallest absolute Gasteiger partial charge is 0.128 e. The molecular weight excluding hydrogens is 246 g/mol. The molecule has 0 aromatic carbocycles. The second-order valence-electron chi connectivity index (χ2n) is 5.87. The minimum absolute atomic E-state index is 0.764. The van der Waals surface area contributed by atoms with E-state index in [0.717, 1.165) is 31.5 Å². The molecule has 3 nitrogen and oxygen atoms in total. The van der Waals surface area contributed by atoms with Gasteiger partial charge in [0.15, 0.2) is 0 Å². The van der Waals surface area contributed by atoms with Crippen LogP contribution in [0.4, 0.5) is 5.82 Å². The van der Waals surface area contributed by atoms with Crippen LogP contribution in [0.3, 0.4) is 0 Å². The first-order valence-corrected chi connectivity index (χ1v) is 8.26. The largest absolute Gasteiger partial charge is 0.357 e. The van der Waals surface area contributed by atoms with Crippen molar-refractivity contribution in [3.63, 3.8) is 0 Å². The third kappa shape index (κ3) is 5.12. The van der Waals surface area contributed by atoms with Crippen LogP contribution in [-0.4, -0.2) is 24.1 Å². The molecule has 3 heteroatoms. The zero-order chi connectivity index (χ0) is 14.2. The van der Waals surface area contributed by atoms with Gasteiger partial charge in [-0.1, -0.05) is 32.8 Å². The minimum atomic E-state index is 0.764. The first-order valence-electron chi connectivity index (χ1n) is 8.26. The fourth-order valence-electron chi connectivity index (χ4n) is 2.30. The molecule has 0 aliphatic heterocycles. The van der Waals surface area contributed by atoms with Crippen LogP contribution in [-0.2, 0) is 6.54 Å². The summed E-state index contributed by atoms with van der Waals surface area (Å²) in [5.74, 6) is 1.14. The van der Waals surface area contributed by atoms with E-state index >= 15 is 0 Å². The normalized spacial score (nSPS) is 14.5. The third-order valence-corrected chi connectivity index (χ3v) is 3.87. The molecule has 0 atom stereocenters. The van der Waals surface area contributed by atoms with E-state index < -0.39 is 0 Å². The third-order valence-electron chi connectivity index (χ3n) is 3.87. The highest BCUT2D eigenvalue weighted by Crippen LogP contribution is 2.19. The molecule has 1 heterocycles. The summed E-state index contributed by atoms with van der Waals surface area (Å²) < 4.78 is 0. The standard InChI is InChI=1S/C17H29N3/c1-3-5-11-20(12-6-4-2)17-10-7-15(14-19-17)13-18-16-8-9-16/h7,10,14,16,18H,3-6,8-9,11-13H2,1-2H3. The fourth-order valence-corrected chi connectivity index (χ4v) is 2.30. The number of anilines is 1. The van der Waals surface area contributed by atoms with Crippen LogP contribution in [0.15, 0.2) is 18.3 Å². The van der Waals surface area contributed by atoms with E-state index in [1.54, 1.807) is 0 Å². The first kappa shape index (κ1) is 15.3. The highest BCUT2D eigenvalue weighted by Gasteiger charge is 2.19. The molecular formula is C17H29N3. The highest BCUT2D eigenvalue weighted by atomic mass is 15.2. The van der Waals surface area contributed by atoms with Gasteiger partial charge in [0, 0.05) is 31.9 Å². The van der Waals surface area contributed by atoms with Gasteiger partial charge in [-0.3, -0.25) is 0 Å². The SMILES string of the molecule is CCCCN(CCCC)c1ccc(CNC2CC2)cn1. The maximum atomic E-state index is 4.67. The summed E-state index contributed by atoms with van der Waals surface area (Å²) in [5, 5.41) is 3.54. The average Bonchev–Trinajstić information content (AvgIpc) is 3.30. The van der Waals surface area contributed by atoms with E-state index in [2.05, 4.69) is 41.2 Å². The van der Waals surface area contributed by atoms with E-state index in [9.17, 15) is 0 Å². The van der Waals surface area contributed by atoms with Crippen molar-refractivity contribution in [1.82, 2.24) is 10.3 Å². The molecule has 0 spiro atoms. The summed E-state index contributed by atoms with van der Waals surface area (Å²) >= 11 is 0. The van der Waals surface area contributed by atoms with E-state index in [-0.39, 0.29) is 0 Å². The Balaban J connectivity index is 1.88. The Morgan fingerprint density at radius 2 is 1.85 bits per heavy atom. The van der Waals surface area contributed by atoms with Crippen LogP contribution in [0, 0.1) is 0 Å². The lowest BCUT2D eigenvalue weighted by Crippen LogP contribution is -2.26. The van der Waals surface area contributed by atoms with Crippen molar-refractivity contribution in [2.45, 2.75) is 65.0 Å². The van der Waals surface area contributed by atoms with Crippen molar-refractivity contribution in [2.75, 3.05) is 18.0 Å². The second-order valence-corrected chi connectivity index (χ2v) is 5.87. The van der Waals surface area contributed by atoms with Gasteiger partial charge >= 0.3 is 0 Å². The number of aromatic nitrogens is 1. The van der Waals surface area contributed by atoms with Crippen LogP contribution in [0.1, 0.15) is 57.9 Å². The molecule has 1 fully saturated rings. The Morgan fingerprint density at radius 1 is 1.15 bits per heavy atom. The van der Waals surface area contributed by atoms with Crippen molar-refractivity contribution in [1.29, 1.82) is 0 Å². The molecule has 0 saturated heterocycles. The predicted octanol–water partition coefficient (Wildman–Crippen LogP) is 3.74. The summed E-state index contributed by atoms with van der Waals surface area (Å²) in [6.45, 7) is 7.71. The summed E-state index contributed by atoms with van der Waals surface area (Å²) in [5.41, 5.74) is 1.30. The molecule has 1 aromatic rings. The summed E-state index contributed by atoms with van der Waals surface area (Å²) in [4.78, 5) is 7.10. The Labute approximate surface area is 123 Å². The number of unbranched alkanes of at least 4 members (excludes halogenated alkanes) is 2. The Hall–Kier alpha value is -1.09. The summed E-state index contributed by atoms with van der Waals surface area (Å²) in [7, 11) is 0. The minimum Gasteiger partial charge on any atom is -0.357 e. The van der Waals surface area contributed by atoms with Gasteiger partial charge in [0.05, 0.1) is 0 Å². The number of hydrogen-bond donors (Lipinski definition) is 1. The van der Waals surface area contributed by atoms with Crippen molar-refractivity contribution in [2.24, 2.45) is 0 Å². The number of nitrogens with one attached hydrogen (secondary N) is 1. The molecule has 1 aromatic heterocycles. The van der Waals surface area contributed by atoms with Crippen LogP contribution in [0.5, 0.6) is 0 Å². The number of hydrogen-bond acceptors (Lipinski definition) is 3. The van der Waals surface area contributed by atoms with E-state index in [1.807, 2.05) is 6.20 Å². The molecule has 1 aliphatic rings. The Bertz CT molecular complexity index is 362. The van der Waals surface area contributed by atoms with Crippen LogP contribution < -0.4 is 10.2 Å². The fraction of sp³-hybridized carbons (Fsp3) is 0.706. The molecule has 1 N–H and O–H groups in total. The summed E-state index contributed by atoms with van der Waals surface area (Å²) in [6.07, 6.45) is 9.70. The number of pyridine rings is 1. The predicted molar refractivity (Wildman–Crippen MR) is 86.1 cm³/mol. The van der Waals surface area contributed by atoms with Gasteiger partial charge in [-0.25, -0.2) is 4.98 Å². The van der Waals surface area contributed by atoms with Gasteiger partial charge in [-0.05, 0) is 37.3 Å². The first-order chi connectivity index (χ1) is 9.83. The Morgan fingerprint density at radius 3 is 2.35 bits per heavy atom. The molecule has 20 heavy (non-hydrogen) atoms. The lowest BCUT2D eigenvalue weighted by molar-refractivity contribution is 0.667. The van der Waals surface area contributed by atoms with Crippen LogP contribution >= 0.6 is 0 Å². The molecule has 112 valence electrons. The number of nitrogens with zero attached hydrogens (tertiary/aromatic N) is 2. The highest BCUT2D eigenvalue weighted by molar-refractivity contribution is 5.39.